The van der Waals surface area contributed by atoms with Crippen molar-refractivity contribution in [2.45, 2.75) is 0 Å². The zero-order valence-electron chi connectivity index (χ0n) is 10.3. The van der Waals surface area contributed by atoms with Crippen LogP contribution in [0.15, 0.2) is 57.9 Å². The van der Waals surface area contributed by atoms with E-state index in [1.54, 1.807) is 24.5 Å². The van der Waals surface area contributed by atoms with E-state index in [1.807, 2.05) is 24.3 Å². The van der Waals surface area contributed by atoms with Crippen LogP contribution in [0.4, 0.5) is 5.69 Å². The Morgan fingerprint density at radius 3 is 2.90 bits per heavy atom. The van der Waals surface area contributed by atoms with Gasteiger partial charge in [0, 0.05) is 23.6 Å². The third-order valence-electron chi connectivity index (χ3n) is 2.69. The molecule has 0 aliphatic rings. The summed E-state index contributed by atoms with van der Waals surface area (Å²) in [5.74, 6) is 0.703. The quantitative estimate of drug-likeness (QED) is 0.768. The van der Waals surface area contributed by atoms with Gasteiger partial charge in [-0.25, -0.2) is 4.98 Å². The lowest BCUT2D eigenvalue weighted by Gasteiger charge is -2.04. The van der Waals surface area contributed by atoms with E-state index in [0.717, 1.165) is 11.4 Å². The van der Waals surface area contributed by atoms with Crippen LogP contribution in [0.3, 0.4) is 0 Å². The summed E-state index contributed by atoms with van der Waals surface area (Å²) in [4.78, 5) is 19.2. The van der Waals surface area contributed by atoms with Gasteiger partial charge in [0.25, 0.3) is 5.91 Å². The van der Waals surface area contributed by atoms with Gasteiger partial charge in [0.1, 0.15) is 5.82 Å². The van der Waals surface area contributed by atoms with Crippen molar-refractivity contribution in [3.63, 3.8) is 0 Å². The number of benzene rings is 1. The fourth-order valence-corrected chi connectivity index (χ4v) is 2.10. The van der Waals surface area contributed by atoms with E-state index in [1.165, 1.54) is 0 Å². The molecule has 5 nitrogen and oxygen atoms in total. The number of furan rings is 1. The predicted octanol–water partition coefficient (Wildman–Crippen LogP) is 3.68. The summed E-state index contributed by atoms with van der Waals surface area (Å²) in [6.45, 7) is 0. The number of halogens is 1. The summed E-state index contributed by atoms with van der Waals surface area (Å²) in [7, 11) is 0. The molecule has 0 radical (unpaired) electrons. The first-order valence-corrected chi connectivity index (χ1v) is 6.68. The molecule has 0 saturated heterocycles. The molecule has 0 bridgehead atoms. The van der Waals surface area contributed by atoms with Crippen LogP contribution >= 0.6 is 15.9 Å². The first-order chi connectivity index (χ1) is 9.72. The predicted molar refractivity (Wildman–Crippen MR) is 78.4 cm³/mol. The van der Waals surface area contributed by atoms with E-state index in [2.05, 4.69) is 31.2 Å². The number of anilines is 1. The van der Waals surface area contributed by atoms with Gasteiger partial charge in [0.2, 0.25) is 0 Å². The number of carbonyl (C=O) groups is 1. The standard InChI is InChI=1S/C14H10BrN3O2/c15-12-5-4-11(20-12)14(19)18-10-3-1-2-9(8-10)13-16-6-7-17-13/h1-8H,(H,16,17)(H,18,19). The van der Waals surface area contributed by atoms with Gasteiger partial charge in [-0.05, 0) is 40.2 Å². The Morgan fingerprint density at radius 1 is 1.30 bits per heavy atom. The van der Waals surface area contributed by atoms with Crippen molar-refractivity contribution in [3.05, 3.63) is 59.2 Å². The Bertz CT molecular complexity index is 734. The molecule has 0 aliphatic heterocycles. The van der Waals surface area contributed by atoms with Crippen molar-refractivity contribution in [1.82, 2.24) is 9.97 Å². The molecular formula is C14H10BrN3O2. The monoisotopic (exact) mass is 331 g/mol. The largest absolute Gasteiger partial charge is 0.444 e. The molecule has 0 aliphatic carbocycles. The molecule has 3 aromatic rings. The first kappa shape index (κ1) is 12.7. The normalized spacial score (nSPS) is 10.4. The van der Waals surface area contributed by atoms with Crippen molar-refractivity contribution >= 4 is 27.5 Å². The smallest absolute Gasteiger partial charge is 0.291 e. The summed E-state index contributed by atoms with van der Waals surface area (Å²) >= 11 is 3.16. The molecule has 0 spiro atoms. The third kappa shape index (κ3) is 2.65. The fraction of sp³-hybridized carbons (Fsp3) is 0. The summed E-state index contributed by atoms with van der Waals surface area (Å²) in [6, 6.07) is 10.7. The number of aromatic nitrogens is 2. The highest BCUT2D eigenvalue weighted by Gasteiger charge is 2.11. The Hall–Kier alpha value is -2.34. The molecule has 20 heavy (non-hydrogen) atoms. The maximum absolute atomic E-state index is 12.0. The second-order valence-corrected chi connectivity index (χ2v) is 4.86. The van der Waals surface area contributed by atoms with Crippen molar-refractivity contribution < 1.29 is 9.21 Å². The molecule has 1 amide bonds. The number of hydrogen-bond donors (Lipinski definition) is 2. The van der Waals surface area contributed by atoms with Crippen LogP contribution in [0.25, 0.3) is 11.4 Å². The molecule has 0 unspecified atom stereocenters. The van der Waals surface area contributed by atoms with Crippen LogP contribution in [-0.4, -0.2) is 15.9 Å². The van der Waals surface area contributed by atoms with Crippen LogP contribution in [0, 0.1) is 0 Å². The van der Waals surface area contributed by atoms with Gasteiger partial charge in [0.15, 0.2) is 10.4 Å². The Balaban J connectivity index is 1.81. The lowest BCUT2D eigenvalue weighted by molar-refractivity contribution is 0.0995. The van der Waals surface area contributed by atoms with Crippen LogP contribution in [0.5, 0.6) is 0 Å². The second-order valence-electron chi connectivity index (χ2n) is 4.08. The SMILES string of the molecule is O=C(Nc1cccc(-c2ncc[nH]2)c1)c1ccc(Br)o1. The van der Waals surface area contributed by atoms with E-state index in [4.69, 9.17) is 4.42 Å². The molecule has 2 N–H and O–H groups in total. The highest BCUT2D eigenvalue weighted by molar-refractivity contribution is 9.10. The molecule has 0 fully saturated rings. The summed E-state index contributed by atoms with van der Waals surface area (Å²) in [6.07, 6.45) is 3.43. The van der Waals surface area contributed by atoms with Gasteiger partial charge < -0.3 is 14.7 Å². The average molecular weight is 332 g/mol. The van der Waals surface area contributed by atoms with Crippen LogP contribution in [0.2, 0.25) is 0 Å². The van der Waals surface area contributed by atoms with Crippen LogP contribution in [-0.2, 0) is 0 Å². The van der Waals surface area contributed by atoms with E-state index < -0.39 is 0 Å². The number of H-pyrrole nitrogens is 1. The molecular weight excluding hydrogens is 322 g/mol. The zero-order valence-corrected chi connectivity index (χ0v) is 11.8. The minimum Gasteiger partial charge on any atom is -0.444 e. The molecule has 0 atom stereocenters. The van der Waals surface area contributed by atoms with Gasteiger partial charge in [-0.2, -0.15) is 0 Å². The maximum Gasteiger partial charge on any atom is 0.291 e. The molecule has 100 valence electrons. The molecule has 2 heterocycles. The Labute approximate surface area is 123 Å². The summed E-state index contributed by atoms with van der Waals surface area (Å²) in [5, 5.41) is 2.78. The van der Waals surface area contributed by atoms with Gasteiger partial charge in [-0.1, -0.05) is 12.1 Å². The van der Waals surface area contributed by atoms with Crippen LogP contribution in [0.1, 0.15) is 10.6 Å². The van der Waals surface area contributed by atoms with Crippen molar-refractivity contribution in [1.29, 1.82) is 0 Å². The minimum atomic E-state index is -0.299. The topological polar surface area (TPSA) is 70.9 Å². The number of carbonyl (C=O) groups excluding carboxylic acids is 1. The Morgan fingerprint density at radius 2 is 2.20 bits per heavy atom. The number of imidazole rings is 1. The van der Waals surface area contributed by atoms with Gasteiger partial charge >= 0.3 is 0 Å². The Kier molecular flexibility index (Phi) is 3.39. The zero-order chi connectivity index (χ0) is 13.9. The average Bonchev–Trinajstić information content (AvgIpc) is 3.10. The van der Waals surface area contributed by atoms with Crippen molar-refractivity contribution in [3.8, 4) is 11.4 Å². The fourth-order valence-electron chi connectivity index (χ4n) is 1.80. The van der Waals surface area contributed by atoms with Gasteiger partial charge in [0.05, 0.1) is 0 Å². The highest BCUT2D eigenvalue weighted by atomic mass is 79.9. The lowest BCUT2D eigenvalue weighted by Crippen LogP contribution is -2.10. The van der Waals surface area contributed by atoms with Crippen molar-refractivity contribution in [2.75, 3.05) is 5.32 Å². The molecule has 6 heteroatoms. The van der Waals surface area contributed by atoms with Crippen molar-refractivity contribution in [2.24, 2.45) is 0 Å². The number of rotatable bonds is 3. The van der Waals surface area contributed by atoms with Crippen LogP contribution < -0.4 is 5.32 Å². The minimum absolute atomic E-state index is 0.250. The van der Waals surface area contributed by atoms with Gasteiger partial charge in [-0.15, -0.1) is 0 Å². The molecule has 2 aromatic heterocycles. The number of nitrogens with zero attached hydrogens (tertiary/aromatic N) is 1. The molecule has 1 aromatic carbocycles. The van der Waals surface area contributed by atoms with E-state index in [0.29, 0.717) is 10.4 Å². The van der Waals surface area contributed by atoms with E-state index >= 15 is 0 Å². The lowest BCUT2D eigenvalue weighted by atomic mass is 10.2. The third-order valence-corrected chi connectivity index (χ3v) is 3.12. The molecule has 0 saturated carbocycles. The summed E-state index contributed by atoms with van der Waals surface area (Å²) in [5.41, 5.74) is 1.57. The van der Waals surface area contributed by atoms with Gasteiger partial charge in [-0.3, -0.25) is 4.79 Å². The van der Waals surface area contributed by atoms with E-state index in [-0.39, 0.29) is 11.7 Å². The number of aromatic amines is 1. The van der Waals surface area contributed by atoms with E-state index in [9.17, 15) is 4.79 Å². The summed E-state index contributed by atoms with van der Waals surface area (Å²) < 4.78 is 5.73. The number of nitrogens with one attached hydrogen (secondary N) is 2. The number of hydrogen-bond acceptors (Lipinski definition) is 3. The second kappa shape index (κ2) is 5.34. The first-order valence-electron chi connectivity index (χ1n) is 5.89. The molecule has 3 rings (SSSR count). The number of amides is 1. The highest BCUT2D eigenvalue weighted by Crippen LogP contribution is 2.20. The maximum atomic E-state index is 12.0.